The van der Waals surface area contributed by atoms with Crippen LogP contribution in [0.5, 0.6) is 0 Å². The van der Waals surface area contributed by atoms with Crippen molar-refractivity contribution >= 4 is 5.82 Å². The number of aromatic nitrogens is 2. The van der Waals surface area contributed by atoms with Gasteiger partial charge in [-0.15, -0.1) is 0 Å². The molecule has 2 aromatic rings. The smallest absolute Gasteiger partial charge is 0.152 e. The largest absolute Gasteiger partial charge is 0.364 e. The Morgan fingerprint density at radius 3 is 2.78 bits per heavy atom. The first-order valence-corrected chi connectivity index (χ1v) is 6.39. The lowest BCUT2D eigenvalue weighted by Gasteiger charge is -2.20. The molecule has 1 aliphatic rings. The zero-order valence-electron chi connectivity index (χ0n) is 11.4. The molecule has 0 saturated heterocycles. The van der Waals surface area contributed by atoms with Gasteiger partial charge in [0.15, 0.2) is 5.82 Å². The van der Waals surface area contributed by atoms with Crippen LogP contribution in [0.25, 0.3) is 11.3 Å². The van der Waals surface area contributed by atoms with Crippen molar-refractivity contribution in [2.24, 2.45) is 0 Å². The third kappa shape index (κ3) is 1.80. The first-order valence-electron chi connectivity index (χ1n) is 6.39. The minimum absolute atomic E-state index is 0.0354. The van der Waals surface area contributed by atoms with E-state index in [0.717, 1.165) is 12.2 Å². The monoisotopic (exact) mass is 241 g/mol. The summed E-state index contributed by atoms with van der Waals surface area (Å²) in [6.07, 6.45) is 0.972. The van der Waals surface area contributed by atoms with E-state index in [1.54, 1.807) is 0 Å². The van der Waals surface area contributed by atoms with Gasteiger partial charge in [0.1, 0.15) is 0 Å². The van der Waals surface area contributed by atoms with E-state index in [0.29, 0.717) is 0 Å². The number of aromatic amines is 1. The Morgan fingerprint density at radius 2 is 2.06 bits per heavy atom. The average molecular weight is 241 g/mol. The van der Waals surface area contributed by atoms with Gasteiger partial charge in [-0.2, -0.15) is 5.10 Å². The van der Waals surface area contributed by atoms with E-state index in [9.17, 15) is 0 Å². The van der Waals surface area contributed by atoms with Crippen LogP contribution >= 0.6 is 0 Å². The Hall–Kier alpha value is -1.77. The van der Waals surface area contributed by atoms with Crippen LogP contribution in [0.3, 0.4) is 0 Å². The number of rotatable bonds is 1. The van der Waals surface area contributed by atoms with Gasteiger partial charge in [-0.3, -0.25) is 5.10 Å². The third-order valence-electron chi connectivity index (χ3n) is 3.26. The van der Waals surface area contributed by atoms with Gasteiger partial charge >= 0.3 is 0 Å². The molecular weight excluding hydrogens is 222 g/mol. The van der Waals surface area contributed by atoms with Gasteiger partial charge < -0.3 is 5.32 Å². The number of hydrogen-bond acceptors (Lipinski definition) is 2. The van der Waals surface area contributed by atoms with Crippen molar-refractivity contribution in [2.45, 2.75) is 39.7 Å². The lowest BCUT2D eigenvalue weighted by molar-refractivity contribution is 0.629. The summed E-state index contributed by atoms with van der Waals surface area (Å²) in [6, 6.07) is 6.63. The van der Waals surface area contributed by atoms with Gasteiger partial charge in [-0.1, -0.05) is 17.7 Å². The van der Waals surface area contributed by atoms with E-state index < -0.39 is 0 Å². The molecule has 3 rings (SSSR count). The Labute approximate surface area is 108 Å². The van der Waals surface area contributed by atoms with Gasteiger partial charge in [0, 0.05) is 23.1 Å². The lowest BCUT2D eigenvalue weighted by Crippen LogP contribution is -2.26. The number of aryl methyl sites for hydroxylation is 1. The predicted molar refractivity (Wildman–Crippen MR) is 74.9 cm³/mol. The first-order chi connectivity index (χ1) is 8.44. The SMILES string of the molecule is Cc1ccc2c(c1)-c1[nH]nc(NC(C)(C)C)c1C2. The van der Waals surface area contributed by atoms with Crippen molar-refractivity contribution in [1.29, 1.82) is 0 Å². The second kappa shape index (κ2) is 3.61. The van der Waals surface area contributed by atoms with E-state index in [1.807, 2.05) is 0 Å². The van der Waals surface area contributed by atoms with Crippen LogP contribution < -0.4 is 5.32 Å². The van der Waals surface area contributed by atoms with Crippen LogP contribution in [-0.4, -0.2) is 15.7 Å². The maximum Gasteiger partial charge on any atom is 0.152 e. The van der Waals surface area contributed by atoms with Crippen molar-refractivity contribution in [2.75, 3.05) is 5.32 Å². The minimum atomic E-state index is 0.0354. The van der Waals surface area contributed by atoms with Crippen molar-refractivity contribution in [3.05, 3.63) is 34.9 Å². The average Bonchev–Trinajstić information content (AvgIpc) is 2.77. The number of nitrogens with one attached hydrogen (secondary N) is 2. The highest BCUT2D eigenvalue weighted by Crippen LogP contribution is 2.39. The van der Waals surface area contributed by atoms with Crippen LogP contribution in [0.4, 0.5) is 5.82 Å². The molecule has 0 spiro atoms. The molecule has 18 heavy (non-hydrogen) atoms. The molecule has 0 amide bonds. The number of nitrogens with zero attached hydrogens (tertiary/aromatic N) is 1. The molecular formula is C15H19N3. The van der Waals surface area contributed by atoms with Gasteiger partial charge in [-0.25, -0.2) is 0 Å². The second-order valence-corrected chi connectivity index (χ2v) is 6.14. The van der Waals surface area contributed by atoms with E-state index in [-0.39, 0.29) is 5.54 Å². The molecule has 0 saturated carbocycles. The van der Waals surface area contributed by atoms with Crippen molar-refractivity contribution in [1.82, 2.24) is 10.2 Å². The lowest BCUT2D eigenvalue weighted by atomic mass is 10.1. The summed E-state index contributed by atoms with van der Waals surface area (Å²) in [6.45, 7) is 8.59. The highest BCUT2D eigenvalue weighted by atomic mass is 15.2. The van der Waals surface area contributed by atoms with Crippen molar-refractivity contribution < 1.29 is 0 Å². The molecule has 3 nitrogen and oxygen atoms in total. The summed E-state index contributed by atoms with van der Waals surface area (Å²) in [5, 5.41) is 11.1. The van der Waals surface area contributed by atoms with Crippen molar-refractivity contribution in [3.8, 4) is 11.3 Å². The number of H-pyrrole nitrogens is 1. The molecule has 0 unspecified atom stereocenters. The van der Waals surface area contributed by atoms with Crippen molar-refractivity contribution in [3.63, 3.8) is 0 Å². The predicted octanol–water partition coefficient (Wildman–Crippen LogP) is 3.50. The summed E-state index contributed by atoms with van der Waals surface area (Å²) < 4.78 is 0. The fourth-order valence-corrected chi connectivity index (χ4v) is 2.49. The van der Waals surface area contributed by atoms with E-state index in [1.165, 1.54) is 27.9 Å². The normalized spacial score (nSPS) is 13.3. The summed E-state index contributed by atoms with van der Waals surface area (Å²) in [5.74, 6) is 0.992. The van der Waals surface area contributed by atoms with Crippen LogP contribution in [0.2, 0.25) is 0 Å². The molecule has 3 heteroatoms. The van der Waals surface area contributed by atoms with E-state index >= 15 is 0 Å². The quantitative estimate of drug-likeness (QED) is 0.684. The molecule has 1 aromatic heterocycles. The fourth-order valence-electron chi connectivity index (χ4n) is 2.49. The van der Waals surface area contributed by atoms with Gasteiger partial charge in [0.25, 0.3) is 0 Å². The number of hydrogen-bond donors (Lipinski definition) is 2. The van der Waals surface area contributed by atoms with Gasteiger partial charge in [0.05, 0.1) is 5.69 Å². The molecule has 2 N–H and O–H groups in total. The zero-order valence-corrected chi connectivity index (χ0v) is 11.4. The van der Waals surface area contributed by atoms with Gasteiger partial charge in [-0.05, 0) is 39.3 Å². The number of anilines is 1. The minimum Gasteiger partial charge on any atom is -0.364 e. The maximum absolute atomic E-state index is 4.42. The summed E-state index contributed by atoms with van der Waals surface area (Å²) in [7, 11) is 0. The Bertz CT molecular complexity index is 603. The van der Waals surface area contributed by atoms with Crippen LogP contribution in [0, 0.1) is 6.92 Å². The molecule has 0 bridgehead atoms. The molecule has 1 heterocycles. The van der Waals surface area contributed by atoms with Crippen LogP contribution in [0.15, 0.2) is 18.2 Å². The highest BCUT2D eigenvalue weighted by molar-refractivity contribution is 5.78. The Kier molecular flexibility index (Phi) is 2.27. The van der Waals surface area contributed by atoms with Gasteiger partial charge in [0.2, 0.25) is 0 Å². The summed E-state index contributed by atoms with van der Waals surface area (Å²) in [4.78, 5) is 0. The Morgan fingerprint density at radius 1 is 1.28 bits per heavy atom. The fraction of sp³-hybridized carbons (Fsp3) is 0.400. The topological polar surface area (TPSA) is 40.7 Å². The van der Waals surface area contributed by atoms with E-state index in [4.69, 9.17) is 0 Å². The van der Waals surface area contributed by atoms with Crippen LogP contribution in [-0.2, 0) is 6.42 Å². The number of benzene rings is 1. The molecule has 94 valence electrons. The highest BCUT2D eigenvalue weighted by Gasteiger charge is 2.26. The molecule has 1 aliphatic carbocycles. The molecule has 0 radical (unpaired) electrons. The van der Waals surface area contributed by atoms with Crippen LogP contribution in [0.1, 0.15) is 37.5 Å². The standard InChI is InChI=1S/C15H19N3/c1-9-5-6-10-8-12-13(11(10)7-9)17-18-14(12)16-15(2,3)4/h5-7H,8H2,1-4H3,(H2,16,17,18). The van der Waals surface area contributed by atoms with E-state index in [2.05, 4.69) is 61.4 Å². The second-order valence-electron chi connectivity index (χ2n) is 6.14. The maximum atomic E-state index is 4.42. The summed E-state index contributed by atoms with van der Waals surface area (Å²) in [5.41, 5.74) is 6.50. The molecule has 0 aliphatic heterocycles. The Balaban J connectivity index is 2.04. The molecule has 0 fully saturated rings. The summed E-state index contributed by atoms with van der Waals surface area (Å²) >= 11 is 0. The first kappa shape index (κ1) is 11.3. The zero-order chi connectivity index (χ0) is 12.9. The molecule has 1 aromatic carbocycles. The number of fused-ring (bicyclic) bond motifs is 3. The third-order valence-corrected chi connectivity index (χ3v) is 3.26. The molecule has 0 atom stereocenters.